The molecule has 2 saturated heterocycles. The van der Waals surface area contributed by atoms with Crippen LogP contribution >= 0.6 is 0 Å². The molecule has 11 heteroatoms. The highest BCUT2D eigenvalue weighted by Gasteiger charge is 2.38. The molecule has 2 atom stereocenters. The van der Waals surface area contributed by atoms with E-state index in [0.717, 1.165) is 56.2 Å². The van der Waals surface area contributed by atoms with Gasteiger partial charge in [-0.15, -0.1) is 0 Å². The molecule has 2 aliphatic heterocycles. The van der Waals surface area contributed by atoms with Gasteiger partial charge in [-0.05, 0) is 69.3 Å². The molecule has 1 aromatic heterocycles. The maximum Gasteiger partial charge on any atom is 0.421 e. The van der Waals surface area contributed by atoms with Crippen LogP contribution in [0.15, 0.2) is 24.4 Å². The second-order valence-corrected chi connectivity index (χ2v) is 10.9. The fraction of sp³-hybridized carbons (Fsp3) is 0.607. The van der Waals surface area contributed by atoms with E-state index in [4.69, 9.17) is 0 Å². The number of carbonyl (C=O) groups is 1. The minimum absolute atomic E-state index is 0.0310. The van der Waals surface area contributed by atoms with Gasteiger partial charge in [0.05, 0.1) is 0 Å². The normalized spacial score (nSPS) is 21.5. The number of hydrogen-bond acceptors (Lipinski definition) is 7. The molecule has 2 aromatic rings. The molecule has 1 aliphatic carbocycles. The Kier molecular flexibility index (Phi) is 8.16. The molecule has 0 spiro atoms. The number of amides is 1. The monoisotopic (exact) mass is 545 g/mol. The standard InChI is InChI=1S/C28H38F3N7O/c1-3-18-14-20(38-16-21-8-9-22(17-38)37(21)2)10-11-24(18)35-27-34-15-23(28(29,30)31)25(36-27)32-12-5-13-33-26(39)19-6-4-7-19/h10-11,14-15,19,21-22H,3-9,12-13,16-17H2,1-2H3,(H,33,39)(H2,32,34,35,36)/t21-,22+. The minimum atomic E-state index is -4.59. The van der Waals surface area contributed by atoms with E-state index < -0.39 is 11.7 Å². The quantitative estimate of drug-likeness (QED) is 0.370. The van der Waals surface area contributed by atoms with E-state index in [2.05, 4.69) is 61.8 Å². The molecular formula is C28H38F3N7O. The lowest BCUT2D eigenvalue weighted by atomic mass is 9.85. The lowest BCUT2D eigenvalue weighted by Crippen LogP contribution is -2.52. The summed E-state index contributed by atoms with van der Waals surface area (Å²) in [6.07, 6.45) is 2.83. The largest absolute Gasteiger partial charge is 0.421 e. The SMILES string of the molecule is CCc1cc(N2C[C@H]3CC[C@@H](C2)N3C)ccc1Nc1ncc(C(F)(F)F)c(NCCCNC(=O)C2CCC2)n1. The molecule has 3 heterocycles. The molecule has 1 amide bonds. The summed E-state index contributed by atoms with van der Waals surface area (Å²) in [6.45, 7) is 4.71. The van der Waals surface area contributed by atoms with Crippen molar-refractivity contribution in [3.05, 3.63) is 35.5 Å². The number of rotatable bonds is 10. The third-order valence-corrected chi connectivity index (χ3v) is 8.44. The van der Waals surface area contributed by atoms with Crippen LogP contribution in [-0.4, -0.2) is 66.1 Å². The molecule has 212 valence electrons. The molecule has 3 N–H and O–H groups in total. The summed E-state index contributed by atoms with van der Waals surface area (Å²) in [5, 5.41) is 8.80. The Labute approximate surface area is 227 Å². The summed E-state index contributed by atoms with van der Waals surface area (Å²) in [4.78, 5) is 25.0. The number of aryl methyl sites for hydroxylation is 1. The van der Waals surface area contributed by atoms with E-state index in [0.29, 0.717) is 25.0 Å². The maximum atomic E-state index is 13.6. The Morgan fingerprint density at radius 1 is 1.10 bits per heavy atom. The number of nitrogens with zero attached hydrogens (tertiary/aromatic N) is 4. The zero-order chi connectivity index (χ0) is 27.6. The minimum Gasteiger partial charge on any atom is -0.369 e. The summed E-state index contributed by atoms with van der Waals surface area (Å²) < 4.78 is 40.9. The Hall–Kier alpha value is -3.08. The summed E-state index contributed by atoms with van der Waals surface area (Å²) in [6, 6.07) is 7.35. The molecule has 1 aromatic carbocycles. The van der Waals surface area contributed by atoms with Crippen LogP contribution in [0.25, 0.3) is 0 Å². The van der Waals surface area contributed by atoms with Gasteiger partial charge in [0.15, 0.2) is 0 Å². The molecule has 39 heavy (non-hydrogen) atoms. The lowest BCUT2D eigenvalue weighted by molar-refractivity contribution is -0.137. The number of carbonyl (C=O) groups excluding carboxylic acids is 1. The molecule has 0 unspecified atom stereocenters. The van der Waals surface area contributed by atoms with Gasteiger partial charge in [0.25, 0.3) is 0 Å². The number of benzene rings is 1. The average molecular weight is 546 g/mol. The summed E-state index contributed by atoms with van der Waals surface area (Å²) in [7, 11) is 2.21. The molecular weight excluding hydrogens is 507 g/mol. The van der Waals surface area contributed by atoms with Crippen LogP contribution in [0.3, 0.4) is 0 Å². The van der Waals surface area contributed by atoms with Crippen molar-refractivity contribution in [1.29, 1.82) is 0 Å². The fourth-order valence-corrected chi connectivity index (χ4v) is 5.74. The first-order valence-corrected chi connectivity index (χ1v) is 14.1. The van der Waals surface area contributed by atoms with Crippen LogP contribution in [0.1, 0.15) is 56.6 Å². The van der Waals surface area contributed by atoms with Gasteiger partial charge in [0.1, 0.15) is 11.4 Å². The van der Waals surface area contributed by atoms with E-state index in [-0.39, 0.29) is 30.1 Å². The molecule has 2 bridgehead atoms. The van der Waals surface area contributed by atoms with Crippen molar-refractivity contribution in [1.82, 2.24) is 20.2 Å². The number of halogens is 3. The Morgan fingerprint density at radius 2 is 1.85 bits per heavy atom. The van der Waals surface area contributed by atoms with Gasteiger partial charge in [-0.3, -0.25) is 9.69 Å². The van der Waals surface area contributed by atoms with Crippen LogP contribution in [0, 0.1) is 5.92 Å². The van der Waals surface area contributed by atoms with Crippen molar-refractivity contribution in [2.24, 2.45) is 5.92 Å². The van der Waals surface area contributed by atoms with E-state index in [1.165, 1.54) is 18.5 Å². The van der Waals surface area contributed by atoms with Crippen LogP contribution in [0.4, 0.5) is 36.3 Å². The molecule has 3 fully saturated rings. The highest BCUT2D eigenvalue weighted by Crippen LogP contribution is 2.36. The number of alkyl halides is 3. The number of nitrogens with one attached hydrogen (secondary N) is 3. The molecule has 8 nitrogen and oxygen atoms in total. The van der Waals surface area contributed by atoms with E-state index in [9.17, 15) is 18.0 Å². The van der Waals surface area contributed by atoms with Crippen molar-refractivity contribution in [2.75, 3.05) is 48.8 Å². The van der Waals surface area contributed by atoms with Crippen molar-refractivity contribution in [3.63, 3.8) is 0 Å². The van der Waals surface area contributed by atoms with E-state index >= 15 is 0 Å². The van der Waals surface area contributed by atoms with Gasteiger partial charge >= 0.3 is 6.18 Å². The third kappa shape index (κ3) is 6.23. The van der Waals surface area contributed by atoms with Gasteiger partial charge < -0.3 is 20.9 Å². The smallest absolute Gasteiger partial charge is 0.369 e. The number of anilines is 4. The molecule has 0 radical (unpaired) electrons. The first kappa shape index (κ1) is 27.5. The first-order valence-electron chi connectivity index (χ1n) is 14.1. The van der Waals surface area contributed by atoms with Crippen LogP contribution in [0.5, 0.6) is 0 Å². The number of aromatic nitrogens is 2. The average Bonchev–Trinajstić information content (AvgIpc) is 3.06. The van der Waals surface area contributed by atoms with Crippen LogP contribution in [0.2, 0.25) is 0 Å². The van der Waals surface area contributed by atoms with Crippen molar-refractivity contribution in [3.8, 4) is 0 Å². The van der Waals surface area contributed by atoms with Gasteiger partial charge in [0, 0.05) is 61.8 Å². The van der Waals surface area contributed by atoms with Gasteiger partial charge in [0.2, 0.25) is 11.9 Å². The zero-order valence-electron chi connectivity index (χ0n) is 22.7. The van der Waals surface area contributed by atoms with E-state index in [1.807, 2.05) is 6.07 Å². The Morgan fingerprint density at radius 3 is 2.49 bits per heavy atom. The lowest BCUT2D eigenvalue weighted by Gasteiger charge is -2.40. The number of piperazine rings is 1. The first-order chi connectivity index (χ1) is 18.7. The van der Waals surface area contributed by atoms with E-state index in [1.54, 1.807) is 0 Å². The zero-order valence-corrected chi connectivity index (χ0v) is 22.7. The molecule has 3 aliphatic rings. The maximum absolute atomic E-state index is 13.6. The Bertz CT molecular complexity index is 1160. The van der Waals surface area contributed by atoms with Gasteiger partial charge in [-0.1, -0.05) is 13.3 Å². The molecule has 5 rings (SSSR count). The number of hydrogen-bond donors (Lipinski definition) is 3. The summed E-state index contributed by atoms with van der Waals surface area (Å²) in [5.74, 6) is -0.0516. The number of likely N-dealkylation sites (N-methyl/N-ethyl adjacent to an activating group) is 1. The summed E-state index contributed by atoms with van der Waals surface area (Å²) >= 11 is 0. The van der Waals surface area contributed by atoms with Crippen molar-refractivity contribution >= 4 is 29.0 Å². The van der Waals surface area contributed by atoms with Gasteiger partial charge in [-0.25, -0.2) is 4.98 Å². The Balaban J connectivity index is 1.24. The molecule has 1 saturated carbocycles. The third-order valence-electron chi connectivity index (χ3n) is 8.44. The summed E-state index contributed by atoms with van der Waals surface area (Å²) in [5.41, 5.74) is 2.09. The predicted molar refractivity (Wildman–Crippen MR) is 146 cm³/mol. The predicted octanol–water partition coefficient (Wildman–Crippen LogP) is 4.80. The van der Waals surface area contributed by atoms with Crippen LogP contribution in [-0.2, 0) is 17.4 Å². The highest BCUT2D eigenvalue weighted by atomic mass is 19.4. The second kappa shape index (κ2) is 11.6. The van der Waals surface area contributed by atoms with Crippen LogP contribution < -0.4 is 20.9 Å². The fourth-order valence-electron chi connectivity index (χ4n) is 5.74. The second-order valence-electron chi connectivity index (χ2n) is 10.9. The highest BCUT2D eigenvalue weighted by molar-refractivity contribution is 5.79. The van der Waals surface area contributed by atoms with Crippen molar-refractivity contribution in [2.45, 2.75) is 70.1 Å². The number of fused-ring (bicyclic) bond motifs is 2. The van der Waals surface area contributed by atoms with Crippen molar-refractivity contribution < 1.29 is 18.0 Å². The topological polar surface area (TPSA) is 85.4 Å². The van der Waals surface area contributed by atoms with Gasteiger partial charge in [-0.2, -0.15) is 18.2 Å².